The molecule has 16 heavy (non-hydrogen) atoms. The molecule has 0 aliphatic heterocycles. The van der Waals surface area contributed by atoms with Gasteiger partial charge in [-0.25, -0.2) is 4.39 Å². The van der Waals surface area contributed by atoms with Gasteiger partial charge in [0.1, 0.15) is 5.82 Å². The predicted molar refractivity (Wildman–Crippen MR) is 70.1 cm³/mol. The van der Waals surface area contributed by atoms with Crippen molar-refractivity contribution >= 4 is 21.6 Å². The van der Waals surface area contributed by atoms with Crippen LogP contribution in [0.15, 0.2) is 22.7 Å². The van der Waals surface area contributed by atoms with Gasteiger partial charge >= 0.3 is 0 Å². The van der Waals surface area contributed by atoms with E-state index >= 15 is 0 Å². The molecule has 0 radical (unpaired) electrons. The zero-order valence-corrected chi connectivity index (χ0v) is 11.3. The Morgan fingerprint density at radius 1 is 1.50 bits per heavy atom. The van der Waals surface area contributed by atoms with E-state index in [0.29, 0.717) is 11.0 Å². The molecule has 0 amide bonds. The molecule has 1 unspecified atom stereocenters. The maximum atomic E-state index is 13.1. The Bertz CT molecular complexity index is 357. The number of benzene rings is 1. The third-order valence-corrected chi connectivity index (χ3v) is 3.23. The van der Waals surface area contributed by atoms with Gasteiger partial charge in [-0.2, -0.15) is 0 Å². The molecule has 0 aromatic heterocycles. The molecule has 0 fully saturated rings. The van der Waals surface area contributed by atoms with E-state index in [4.69, 9.17) is 5.73 Å². The van der Waals surface area contributed by atoms with E-state index in [1.54, 1.807) is 12.1 Å². The lowest BCUT2D eigenvalue weighted by Crippen LogP contribution is -2.42. The molecule has 1 rings (SSSR count). The van der Waals surface area contributed by atoms with Gasteiger partial charge < -0.3 is 11.1 Å². The third-order valence-electron chi connectivity index (χ3n) is 2.62. The molecule has 0 saturated carbocycles. The average molecular weight is 289 g/mol. The zero-order chi connectivity index (χ0) is 12.2. The van der Waals surface area contributed by atoms with Crippen molar-refractivity contribution in [3.8, 4) is 0 Å². The summed E-state index contributed by atoms with van der Waals surface area (Å²) in [7, 11) is 0. The Morgan fingerprint density at radius 3 is 2.69 bits per heavy atom. The van der Waals surface area contributed by atoms with Crippen molar-refractivity contribution in [2.75, 3.05) is 11.9 Å². The SMILES string of the molecule is CCCC(C)(CN)Nc1ccc(F)c(Br)c1. The standard InChI is InChI=1S/C12H18BrFN2/c1-3-6-12(2,8-15)16-9-4-5-11(14)10(13)7-9/h4-5,7,16H,3,6,8,15H2,1-2H3. The van der Waals surface area contributed by atoms with Crippen LogP contribution < -0.4 is 11.1 Å². The van der Waals surface area contributed by atoms with Gasteiger partial charge in [0.2, 0.25) is 0 Å². The van der Waals surface area contributed by atoms with Crippen molar-refractivity contribution < 1.29 is 4.39 Å². The largest absolute Gasteiger partial charge is 0.379 e. The first-order valence-corrected chi connectivity index (χ1v) is 6.23. The van der Waals surface area contributed by atoms with E-state index in [0.717, 1.165) is 18.5 Å². The summed E-state index contributed by atoms with van der Waals surface area (Å²) in [6.45, 7) is 4.75. The molecule has 2 nitrogen and oxygen atoms in total. The first-order valence-electron chi connectivity index (χ1n) is 5.44. The summed E-state index contributed by atoms with van der Waals surface area (Å²) in [6, 6.07) is 4.90. The van der Waals surface area contributed by atoms with Gasteiger partial charge in [-0.3, -0.25) is 0 Å². The second kappa shape index (κ2) is 5.64. The minimum absolute atomic E-state index is 0.133. The van der Waals surface area contributed by atoms with Gasteiger partial charge in [-0.05, 0) is 47.5 Å². The Morgan fingerprint density at radius 2 is 2.19 bits per heavy atom. The topological polar surface area (TPSA) is 38.0 Å². The highest BCUT2D eigenvalue weighted by Crippen LogP contribution is 2.24. The van der Waals surface area contributed by atoms with Crippen LogP contribution in [-0.2, 0) is 0 Å². The molecule has 4 heteroatoms. The molecule has 1 aromatic rings. The summed E-state index contributed by atoms with van der Waals surface area (Å²) in [6.07, 6.45) is 2.04. The third kappa shape index (κ3) is 3.46. The highest BCUT2D eigenvalue weighted by atomic mass is 79.9. The molecule has 0 saturated heterocycles. The van der Waals surface area contributed by atoms with E-state index in [9.17, 15) is 4.39 Å². The second-order valence-corrected chi connectivity index (χ2v) is 5.12. The van der Waals surface area contributed by atoms with Gasteiger partial charge in [0.15, 0.2) is 0 Å². The van der Waals surface area contributed by atoms with Crippen molar-refractivity contribution in [2.45, 2.75) is 32.2 Å². The summed E-state index contributed by atoms with van der Waals surface area (Å²) >= 11 is 3.17. The molecule has 0 spiro atoms. The molecule has 0 aliphatic rings. The van der Waals surface area contributed by atoms with E-state index in [2.05, 4.69) is 35.1 Å². The molecule has 1 atom stereocenters. The van der Waals surface area contributed by atoms with Gasteiger partial charge in [-0.15, -0.1) is 0 Å². The fourth-order valence-corrected chi connectivity index (χ4v) is 2.07. The first-order chi connectivity index (χ1) is 7.50. The molecule has 1 aromatic carbocycles. The van der Waals surface area contributed by atoms with E-state index in [1.165, 1.54) is 6.07 Å². The molecule has 0 heterocycles. The lowest BCUT2D eigenvalue weighted by atomic mass is 9.96. The van der Waals surface area contributed by atoms with Crippen LogP contribution in [0.4, 0.5) is 10.1 Å². The Labute approximate surface area is 105 Å². The maximum absolute atomic E-state index is 13.1. The van der Waals surface area contributed by atoms with Crippen LogP contribution in [0, 0.1) is 5.82 Å². The Balaban J connectivity index is 2.81. The second-order valence-electron chi connectivity index (χ2n) is 4.27. The van der Waals surface area contributed by atoms with Crippen LogP contribution in [0.2, 0.25) is 0 Å². The zero-order valence-electron chi connectivity index (χ0n) is 9.69. The Hall–Kier alpha value is -0.610. The molecule has 0 bridgehead atoms. The molecular formula is C12H18BrFN2. The Kier molecular flexibility index (Phi) is 4.74. The molecular weight excluding hydrogens is 271 g/mol. The molecule has 0 aliphatic carbocycles. The predicted octanol–water partition coefficient (Wildman–Crippen LogP) is 3.52. The van der Waals surface area contributed by atoms with E-state index in [-0.39, 0.29) is 11.4 Å². The summed E-state index contributed by atoms with van der Waals surface area (Å²) in [5.74, 6) is -0.254. The highest BCUT2D eigenvalue weighted by Gasteiger charge is 2.20. The van der Waals surface area contributed by atoms with Crippen LogP contribution in [0.25, 0.3) is 0 Å². The smallest absolute Gasteiger partial charge is 0.137 e. The lowest BCUT2D eigenvalue weighted by Gasteiger charge is -2.30. The summed E-state index contributed by atoms with van der Waals surface area (Å²) in [5.41, 5.74) is 6.51. The maximum Gasteiger partial charge on any atom is 0.137 e. The summed E-state index contributed by atoms with van der Waals surface area (Å²) < 4.78 is 13.5. The number of nitrogens with one attached hydrogen (secondary N) is 1. The van der Waals surface area contributed by atoms with Crippen molar-refractivity contribution in [2.24, 2.45) is 5.73 Å². The quantitative estimate of drug-likeness (QED) is 0.870. The van der Waals surface area contributed by atoms with Crippen LogP contribution >= 0.6 is 15.9 Å². The van der Waals surface area contributed by atoms with Crippen LogP contribution in [0.1, 0.15) is 26.7 Å². The van der Waals surface area contributed by atoms with Crippen LogP contribution in [-0.4, -0.2) is 12.1 Å². The highest BCUT2D eigenvalue weighted by molar-refractivity contribution is 9.10. The minimum atomic E-state index is -0.254. The average Bonchev–Trinajstić information content (AvgIpc) is 2.24. The monoisotopic (exact) mass is 288 g/mol. The van der Waals surface area contributed by atoms with Gasteiger partial charge in [-0.1, -0.05) is 13.3 Å². The number of rotatable bonds is 5. The van der Waals surface area contributed by atoms with Gasteiger partial charge in [0, 0.05) is 17.8 Å². The number of nitrogens with two attached hydrogens (primary N) is 1. The van der Waals surface area contributed by atoms with Crippen LogP contribution in [0.3, 0.4) is 0 Å². The van der Waals surface area contributed by atoms with Crippen molar-refractivity contribution in [3.63, 3.8) is 0 Å². The minimum Gasteiger partial charge on any atom is -0.379 e. The number of hydrogen-bond donors (Lipinski definition) is 2. The fourth-order valence-electron chi connectivity index (χ4n) is 1.69. The number of halogens is 2. The van der Waals surface area contributed by atoms with Crippen LogP contribution in [0.5, 0.6) is 0 Å². The van der Waals surface area contributed by atoms with E-state index in [1.807, 2.05) is 0 Å². The fraction of sp³-hybridized carbons (Fsp3) is 0.500. The van der Waals surface area contributed by atoms with Gasteiger partial charge in [0.25, 0.3) is 0 Å². The van der Waals surface area contributed by atoms with Crippen molar-refractivity contribution in [1.29, 1.82) is 0 Å². The van der Waals surface area contributed by atoms with Crippen molar-refractivity contribution in [3.05, 3.63) is 28.5 Å². The lowest BCUT2D eigenvalue weighted by molar-refractivity contribution is 0.476. The van der Waals surface area contributed by atoms with Gasteiger partial charge in [0.05, 0.1) is 4.47 Å². The number of anilines is 1. The molecule has 3 N–H and O–H groups in total. The summed E-state index contributed by atoms with van der Waals surface area (Å²) in [5, 5.41) is 3.35. The summed E-state index contributed by atoms with van der Waals surface area (Å²) in [4.78, 5) is 0. The van der Waals surface area contributed by atoms with E-state index < -0.39 is 0 Å². The normalized spacial score (nSPS) is 14.6. The number of hydrogen-bond acceptors (Lipinski definition) is 2. The van der Waals surface area contributed by atoms with Crippen molar-refractivity contribution in [1.82, 2.24) is 0 Å². The first kappa shape index (κ1) is 13.5. The molecule has 90 valence electrons.